The van der Waals surface area contributed by atoms with E-state index in [1.165, 1.54) is 0 Å². The number of carbonyl (C=O) groups excluding carboxylic acids is 2. The lowest BCUT2D eigenvalue weighted by atomic mass is 9.99. The van der Waals surface area contributed by atoms with E-state index in [4.69, 9.17) is 4.74 Å². The van der Waals surface area contributed by atoms with Gasteiger partial charge in [-0.3, -0.25) is 4.79 Å². The van der Waals surface area contributed by atoms with Gasteiger partial charge in [0.1, 0.15) is 0 Å². The highest BCUT2D eigenvalue weighted by Gasteiger charge is 2.24. The summed E-state index contributed by atoms with van der Waals surface area (Å²) in [7, 11) is 0. The SMILES string of the molecule is CCCN1C(=O)CCc2ccc(C(=O)OCC)cc21. The first kappa shape index (κ1) is 13.6. The molecule has 102 valence electrons. The molecule has 0 aromatic heterocycles. The van der Waals surface area contributed by atoms with Crippen molar-refractivity contribution in [2.75, 3.05) is 18.1 Å². The Bertz CT molecular complexity index is 496. The Balaban J connectivity index is 2.35. The molecule has 1 aromatic rings. The summed E-state index contributed by atoms with van der Waals surface area (Å²) in [5.41, 5.74) is 2.50. The number of anilines is 1. The lowest BCUT2D eigenvalue weighted by Gasteiger charge is -2.29. The van der Waals surface area contributed by atoms with Crippen LogP contribution in [0.5, 0.6) is 0 Å². The molecular formula is C15H19NO3. The monoisotopic (exact) mass is 261 g/mol. The van der Waals surface area contributed by atoms with Crippen LogP contribution in [-0.2, 0) is 16.0 Å². The third kappa shape index (κ3) is 2.78. The maximum absolute atomic E-state index is 12.0. The van der Waals surface area contributed by atoms with Crippen LogP contribution in [0, 0.1) is 0 Å². The Morgan fingerprint density at radius 2 is 2.11 bits per heavy atom. The number of esters is 1. The molecule has 0 aliphatic carbocycles. The molecule has 1 amide bonds. The number of rotatable bonds is 4. The van der Waals surface area contributed by atoms with E-state index in [0.29, 0.717) is 25.1 Å². The van der Waals surface area contributed by atoms with Crippen molar-refractivity contribution in [1.82, 2.24) is 0 Å². The zero-order valence-electron chi connectivity index (χ0n) is 11.4. The minimum Gasteiger partial charge on any atom is -0.462 e. The first-order valence-corrected chi connectivity index (χ1v) is 6.77. The molecule has 0 radical (unpaired) electrons. The van der Waals surface area contributed by atoms with E-state index in [2.05, 4.69) is 0 Å². The first-order chi connectivity index (χ1) is 9.17. The van der Waals surface area contributed by atoms with Gasteiger partial charge in [0, 0.05) is 18.7 Å². The quantitative estimate of drug-likeness (QED) is 0.782. The summed E-state index contributed by atoms with van der Waals surface area (Å²) >= 11 is 0. The van der Waals surface area contributed by atoms with Crippen molar-refractivity contribution in [3.05, 3.63) is 29.3 Å². The number of fused-ring (bicyclic) bond motifs is 1. The molecule has 0 bridgehead atoms. The first-order valence-electron chi connectivity index (χ1n) is 6.77. The van der Waals surface area contributed by atoms with Crippen molar-refractivity contribution in [3.8, 4) is 0 Å². The second-order valence-electron chi connectivity index (χ2n) is 4.61. The molecule has 19 heavy (non-hydrogen) atoms. The van der Waals surface area contributed by atoms with Crippen LogP contribution in [0.25, 0.3) is 0 Å². The molecule has 0 spiro atoms. The lowest BCUT2D eigenvalue weighted by molar-refractivity contribution is -0.118. The Morgan fingerprint density at radius 1 is 1.32 bits per heavy atom. The summed E-state index contributed by atoms with van der Waals surface area (Å²) in [6.45, 7) is 4.87. The highest BCUT2D eigenvalue weighted by molar-refractivity contribution is 5.98. The fraction of sp³-hybridized carbons (Fsp3) is 0.467. The number of benzene rings is 1. The van der Waals surface area contributed by atoms with Crippen molar-refractivity contribution in [1.29, 1.82) is 0 Å². The number of amides is 1. The highest BCUT2D eigenvalue weighted by atomic mass is 16.5. The van der Waals surface area contributed by atoms with Gasteiger partial charge in [-0.15, -0.1) is 0 Å². The number of ether oxygens (including phenoxy) is 1. The van der Waals surface area contributed by atoms with Crippen LogP contribution in [0.15, 0.2) is 18.2 Å². The van der Waals surface area contributed by atoms with Crippen molar-refractivity contribution in [2.45, 2.75) is 33.1 Å². The molecule has 2 rings (SSSR count). The van der Waals surface area contributed by atoms with Gasteiger partial charge in [0.05, 0.1) is 12.2 Å². The van der Waals surface area contributed by atoms with Crippen LogP contribution < -0.4 is 4.90 Å². The van der Waals surface area contributed by atoms with E-state index in [0.717, 1.165) is 24.1 Å². The van der Waals surface area contributed by atoms with E-state index >= 15 is 0 Å². The summed E-state index contributed by atoms with van der Waals surface area (Å²) in [5, 5.41) is 0. The van der Waals surface area contributed by atoms with Gasteiger partial charge in [-0.2, -0.15) is 0 Å². The zero-order valence-corrected chi connectivity index (χ0v) is 11.4. The standard InChI is InChI=1S/C15H19NO3/c1-3-9-16-13-10-12(15(18)19-4-2)6-5-11(13)7-8-14(16)17/h5-6,10H,3-4,7-9H2,1-2H3. The Hall–Kier alpha value is -1.84. The summed E-state index contributed by atoms with van der Waals surface area (Å²) in [6.07, 6.45) is 2.19. The van der Waals surface area contributed by atoms with Gasteiger partial charge < -0.3 is 9.64 Å². The van der Waals surface area contributed by atoms with Crippen LogP contribution in [0.3, 0.4) is 0 Å². The summed E-state index contributed by atoms with van der Waals surface area (Å²) in [4.78, 5) is 25.5. The second-order valence-corrected chi connectivity index (χ2v) is 4.61. The van der Waals surface area contributed by atoms with Crippen molar-refractivity contribution in [3.63, 3.8) is 0 Å². The molecule has 0 unspecified atom stereocenters. The van der Waals surface area contributed by atoms with Crippen molar-refractivity contribution >= 4 is 17.6 Å². The molecule has 1 aliphatic rings. The summed E-state index contributed by atoms with van der Waals surface area (Å²) in [5.74, 6) is -0.199. The predicted molar refractivity (Wildman–Crippen MR) is 73.4 cm³/mol. The lowest BCUT2D eigenvalue weighted by Crippen LogP contribution is -2.35. The number of aryl methyl sites for hydroxylation is 1. The van der Waals surface area contributed by atoms with Crippen LogP contribution >= 0.6 is 0 Å². The Kier molecular flexibility index (Phi) is 4.20. The third-order valence-corrected chi connectivity index (χ3v) is 3.24. The topological polar surface area (TPSA) is 46.6 Å². The highest BCUT2D eigenvalue weighted by Crippen LogP contribution is 2.29. The molecule has 4 heteroatoms. The molecule has 1 aromatic carbocycles. The maximum Gasteiger partial charge on any atom is 0.338 e. The molecular weight excluding hydrogens is 242 g/mol. The summed E-state index contributed by atoms with van der Waals surface area (Å²) in [6, 6.07) is 5.48. The molecule has 0 N–H and O–H groups in total. The third-order valence-electron chi connectivity index (χ3n) is 3.24. The van der Waals surface area contributed by atoms with Crippen LogP contribution in [-0.4, -0.2) is 25.0 Å². The van der Waals surface area contributed by atoms with Gasteiger partial charge in [0.25, 0.3) is 0 Å². The maximum atomic E-state index is 12.0. The minimum absolute atomic E-state index is 0.135. The molecule has 1 aliphatic heterocycles. The zero-order chi connectivity index (χ0) is 13.8. The van der Waals surface area contributed by atoms with Gasteiger partial charge in [-0.05, 0) is 37.5 Å². The molecule has 4 nitrogen and oxygen atoms in total. The number of carbonyl (C=O) groups is 2. The number of hydrogen-bond acceptors (Lipinski definition) is 3. The molecule has 1 heterocycles. The van der Waals surface area contributed by atoms with E-state index in [-0.39, 0.29) is 11.9 Å². The molecule has 0 saturated carbocycles. The molecule has 0 fully saturated rings. The predicted octanol–water partition coefficient (Wildman–Crippen LogP) is 2.55. The van der Waals surface area contributed by atoms with Gasteiger partial charge in [0.2, 0.25) is 5.91 Å². The smallest absolute Gasteiger partial charge is 0.338 e. The van der Waals surface area contributed by atoms with Crippen molar-refractivity contribution < 1.29 is 14.3 Å². The average molecular weight is 261 g/mol. The van der Waals surface area contributed by atoms with Gasteiger partial charge in [-0.1, -0.05) is 13.0 Å². The second kappa shape index (κ2) is 5.87. The number of nitrogens with zero attached hydrogens (tertiary/aromatic N) is 1. The van der Waals surface area contributed by atoms with E-state index < -0.39 is 0 Å². The van der Waals surface area contributed by atoms with E-state index in [1.54, 1.807) is 24.0 Å². The number of hydrogen-bond donors (Lipinski definition) is 0. The normalized spacial score (nSPS) is 14.2. The summed E-state index contributed by atoms with van der Waals surface area (Å²) < 4.78 is 5.00. The molecule has 0 atom stereocenters. The van der Waals surface area contributed by atoms with Crippen LogP contribution in [0.2, 0.25) is 0 Å². The van der Waals surface area contributed by atoms with Gasteiger partial charge in [-0.25, -0.2) is 4.79 Å². The van der Waals surface area contributed by atoms with Gasteiger partial charge in [0.15, 0.2) is 0 Å². The van der Waals surface area contributed by atoms with E-state index in [9.17, 15) is 9.59 Å². The Morgan fingerprint density at radius 3 is 2.79 bits per heavy atom. The minimum atomic E-state index is -0.334. The Labute approximate surface area is 113 Å². The van der Waals surface area contributed by atoms with E-state index in [1.807, 2.05) is 13.0 Å². The fourth-order valence-corrected chi connectivity index (χ4v) is 2.35. The largest absolute Gasteiger partial charge is 0.462 e. The van der Waals surface area contributed by atoms with Crippen LogP contribution in [0.1, 0.15) is 42.6 Å². The van der Waals surface area contributed by atoms with Crippen molar-refractivity contribution in [2.24, 2.45) is 0 Å². The molecule has 0 saturated heterocycles. The fourth-order valence-electron chi connectivity index (χ4n) is 2.35. The van der Waals surface area contributed by atoms with Crippen LogP contribution in [0.4, 0.5) is 5.69 Å². The van der Waals surface area contributed by atoms with Gasteiger partial charge >= 0.3 is 5.97 Å². The average Bonchev–Trinajstić information content (AvgIpc) is 2.42.